The van der Waals surface area contributed by atoms with Crippen molar-refractivity contribution in [2.45, 2.75) is 11.7 Å². The molecular weight excluding hydrogens is 364 g/mol. The van der Waals surface area contributed by atoms with Gasteiger partial charge in [0.25, 0.3) is 0 Å². The monoisotopic (exact) mass is 378 g/mol. The number of carbonyl (C=O) groups excluding carboxylic acids is 1. The molecule has 0 amide bonds. The summed E-state index contributed by atoms with van der Waals surface area (Å²) in [6.45, 7) is 2.22. The molecule has 0 spiro atoms. The van der Waals surface area contributed by atoms with E-state index in [1.54, 1.807) is 29.6 Å². The average molecular weight is 379 g/mol. The largest absolute Gasteiger partial charge is 0.289 e. The molecule has 1 heterocycles. The first-order valence-electron chi connectivity index (χ1n) is 6.72. The second-order valence-electron chi connectivity index (χ2n) is 5.36. The van der Waals surface area contributed by atoms with Crippen LogP contribution in [0.2, 0.25) is 0 Å². The Labute approximate surface area is 141 Å². The number of fused-ring (bicyclic) bond motifs is 1. The summed E-state index contributed by atoms with van der Waals surface area (Å²) in [6.07, 6.45) is 1.79. The van der Waals surface area contributed by atoms with Gasteiger partial charge in [-0.2, -0.15) is 0 Å². The number of ketones is 1. The van der Waals surface area contributed by atoms with Gasteiger partial charge in [0.15, 0.2) is 5.78 Å². The Kier molecular flexibility index (Phi) is 4.48. The normalized spacial score (nSPS) is 23.8. The lowest BCUT2D eigenvalue weighted by Gasteiger charge is -2.16. The molecule has 4 heteroatoms. The summed E-state index contributed by atoms with van der Waals surface area (Å²) in [6, 6.07) is 14.0. The highest BCUT2D eigenvalue weighted by Gasteiger charge is 2.32. The Balaban J connectivity index is 1.84. The van der Waals surface area contributed by atoms with Crippen LogP contribution in [0.3, 0.4) is 0 Å². The van der Waals surface area contributed by atoms with Gasteiger partial charge in [-0.05, 0) is 23.8 Å². The van der Waals surface area contributed by atoms with Gasteiger partial charge in [-0.25, -0.2) is 0 Å². The van der Waals surface area contributed by atoms with Crippen LogP contribution in [0.5, 0.6) is 0 Å². The van der Waals surface area contributed by atoms with E-state index in [9.17, 15) is 4.79 Å². The van der Waals surface area contributed by atoms with Crippen LogP contribution in [0.1, 0.15) is 17.3 Å². The maximum Gasteiger partial charge on any atom is 0.187 e. The Morgan fingerprint density at radius 2 is 2.05 bits per heavy atom. The van der Waals surface area contributed by atoms with Gasteiger partial charge in [0.2, 0.25) is 0 Å². The highest BCUT2D eigenvalue weighted by molar-refractivity contribution is 9.09. The number of carbonyl (C=O) groups is 1. The highest BCUT2D eigenvalue weighted by Crippen LogP contribution is 2.49. The zero-order chi connectivity index (χ0) is 14.9. The van der Waals surface area contributed by atoms with E-state index < -0.39 is 0 Å². The first-order valence-corrected chi connectivity index (χ1v) is 9.65. The number of hydrogen-bond donors (Lipinski definition) is 0. The first-order chi connectivity index (χ1) is 10.1. The molecule has 1 saturated heterocycles. The fourth-order valence-electron chi connectivity index (χ4n) is 2.20. The van der Waals surface area contributed by atoms with Gasteiger partial charge in [-0.3, -0.25) is 4.79 Å². The molecule has 0 aliphatic carbocycles. The molecule has 1 aliphatic heterocycles. The maximum absolute atomic E-state index is 12.4. The topological polar surface area (TPSA) is 17.1 Å². The van der Waals surface area contributed by atoms with E-state index in [1.807, 2.05) is 36.4 Å². The molecular formula is C17H15BrOS2. The highest BCUT2D eigenvalue weighted by atomic mass is 79.9. The smallest absolute Gasteiger partial charge is 0.187 e. The van der Waals surface area contributed by atoms with Crippen molar-refractivity contribution in [1.82, 2.24) is 0 Å². The van der Waals surface area contributed by atoms with Crippen molar-refractivity contribution < 1.29 is 4.79 Å². The van der Waals surface area contributed by atoms with Crippen molar-refractivity contribution in [2.24, 2.45) is 0 Å². The third-order valence-electron chi connectivity index (χ3n) is 3.43. The minimum absolute atomic E-state index is 0.0922. The number of alkyl halides is 1. The van der Waals surface area contributed by atoms with E-state index in [1.165, 1.54) is 0 Å². The number of thioether (sulfide) groups is 2. The molecule has 1 aliphatic rings. The first kappa shape index (κ1) is 15.2. The van der Waals surface area contributed by atoms with Crippen LogP contribution in [-0.2, 0) is 0 Å². The lowest BCUT2D eigenvalue weighted by Crippen LogP contribution is -2.20. The second kappa shape index (κ2) is 6.19. The quantitative estimate of drug-likeness (QED) is 0.398. The fraction of sp³-hybridized carbons (Fsp3) is 0.235. The van der Waals surface area contributed by atoms with Gasteiger partial charge >= 0.3 is 0 Å². The summed E-state index contributed by atoms with van der Waals surface area (Å²) in [5, 5.41) is 3.22. The SMILES string of the molecule is C[C@@]1(CBr)CS/C(=C/C(=O)c2ccc3ccccc3c2)S1. The van der Waals surface area contributed by atoms with Crippen molar-refractivity contribution in [3.05, 3.63) is 58.3 Å². The van der Waals surface area contributed by atoms with Crippen LogP contribution >= 0.6 is 39.5 Å². The predicted octanol–water partition coefficient (Wildman–Crippen LogP) is 5.50. The third-order valence-corrected chi connectivity index (χ3v) is 8.11. The molecule has 1 fully saturated rings. The zero-order valence-electron chi connectivity index (χ0n) is 11.6. The van der Waals surface area contributed by atoms with E-state index in [0.717, 1.165) is 31.7 Å². The molecule has 2 aromatic carbocycles. The number of allylic oxidation sites excluding steroid dienone is 1. The van der Waals surface area contributed by atoms with Gasteiger partial charge in [0, 0.05) is 31.7 Å². The van der Waals surface area contributed by atoms with Crippen LogP contribution in [0.4, 0.5) is 0 Å². The van der Waals surface area contributed by atoms with Gasteiger partial charge < -0.3 is 0 Å². The zero-order valence-corrected chi connectivity index (χ0v) is 14.9. The number of hydrogen-bond acceptors (Lipinski definition) is 3. The van der Waals surface area contributed by atoms with E-state index in [4.69, 9.17) is 0 Å². The van der Waals surface area contributed by atoms with Crippen LogP contribution in [0.15, 0.2) is 52.8 Å². The fourth-order valence-corrected chi connectivity index (χ4v) is 5.87. The number of benzene rings is 2. The third kappa shape index (κ3) is 3.38. The Hall–Kier alpha value is -0.710. The Bertz CT molecular complexity index is 726. The van der Waals surface area contributed by atoms with Gasteiger partial charge in [0.05, 0.1) is 0 Å². The molecule has 0 aromatic heterocycles. The van der Waals surface area contributed by atoms with E-state index >= 15 is 0 Å². The van der Waals surface area contributed by atoms with Crippen molar-refractivity contribution in [3.8, 4) is 0 Å². The average Bonchev–Trinajstić information content (AvgIpc) is 2.88. The van der Waals surface area contributed by atoms with Gasteiger partial charge in [0.1, 0.15) is 0 Å². The van der Waals surface area contributed by atoms with Crippen LogP contribution in [0, 0.1) is 0 Å². The summed E-state index contributed by atoms with van der Waals surface area (Å²) >= 11 is 7.12. The minimum atomic E-state index is 0.0922. The molecule has 0 saturated carbocycles. The van der Waals surface area contributed by atoms with Crippen LogP contribution < -0.4 is 0 Å². The number of rotatable bonds is 3. The molecule has 21 heavy (non-hydrogen) atoms. The summed E-state index contributed by atoms with van der Waals surface area (Å²) in [7, 11) is 0. The van der Waals surface area contributed by atoms with Gasteiger partial charge in [-0.15, -0.1) is 23.5 Å². The molecule has 1 nitrogen and oxygen atoms in total. The maximum atomic E-state index is 12.4. The minimum Gasteiger partial charge on any atom is -0.289 e. The predicted molar refractivity (Wildman–Crippen MR) is 98.6 cm³/mol. The van der Waals surface area contributed by atoms with E-state index in [2.05, 4.69) is 28.9 Å². The molecule has 3 rings (SSSR count). The van der Waals surface area contributed by atoms with Crippen molar-refractivity contribution in [1.29, 1.82) is 0 Å². The van der Waals surface area contributed by atoms with Crippen molar-refractivity contribution in [2.75, 3.05) is 11.1 Å². The number of halogens is 1. The summed E-state index contributed by atoms with van der Waals surface area (Å²) < 4.78 is 1.32. The van der Waals surface area contributed by atoms with Crippen molar-refractivity contribution in [3.63, 3.8) is 0 Å². The van der Waals surface area contributed by atoms with E-state index in [-0.39, 0.29) is 10.5 Å². The van der Waals surface area contributed by atoms with Crippen molar-refractivity contribution >= 4 is 56.0 Å². The molecule has 0 bridgehead atoms. The Morgan fingerprint density at radius 1 is 1.29 bits per heavy atom. The Morgan fingerprint density at radius 3 is 2.76 bits per heavy atom. The van der Waals surface area contributed by atoms with Gasteiger partial charge in [-0.1, -0.05) is 52.3 Å². The molecule has 1 atom stereocenters. The molecule has 108 valence electrons. The lowest BCUT2D eigenvalue weighted by atomic mass is 10.0. The summed E-state index contributed by atoms with van der Waals surface area (Å²) in [5.74, 6) is 1.13. The molecule has 0 radical (unpaired) electrons. The summed E-state index contributed by atoms with van der Waals surface area (Å²) in [4.78, 5) is 12.4. The second-order valence-corrected chi connectivity index (χ2v) is 8.83. The van der Waals surface area contributed by atoms with Crippen LogP contribution in [-0.4, -0.2) is 21.6 Å². The van der Waals surface area contributed by atoms with E-state index in [0.29, 0.717) is 0 Å². The standard InChI is InChI=1S/C17H15BrOS2/c1-17(10-18)11-20-16(21-17)9-15(19)14-7-6-12-4-2-3-5-13(12)8-14/h2-9H,10-11H2,1H3/b16-9-/t17-/m1/s1. The molecule has 0 N–H and O–H groups in total. The van der Waals surface area contributed by atoms with Crippen LogP contribution in [0.25, 0.3) is 10.8 Å². The lowest BCUT2D eigenvalue weighted by molar-refractivity contribution is 0.104. The summed E-state index contributed by atoms with van der Waals surface area (Å²) in [5.41, 5.74) is 0.759. The molecule has 2 aromatic rings. The molecule has 0 unspecified atom stereocenters.